The van der Waals surface area contributed by atoms with Gasteiger partial charge in [0.2, 0.25) is 0 Å². The lowest BCUT2D eigenvalue weighted by Crippen LogP contribution is -2.26. The normalized spacial score (nSPS) is 15.3. The van der Waals surface area contributed by atoms with Gasteiger partial charge in [0, 0.05) is 49.4 Å². The van der Waals surface area contributed by atoms with Crippen molar-refractivity contribution in [3.05, 3.63) is 65.6 Å². The first-order valence-corrected chi connectivity index (χ1v) is 10.9. The van der Waals surface area contributed by atoms with Gasteiger partial charge >= 0.3 is 0 Å². The maximum absolute atomic E-state index is 11.8. The van der Waals surface area contributed by atoms with Crippen LogP contribution in [-0.2, 0) is 29.2 Å². The number of pyridine rings is 1. The van der Waals surface area contributed by atoms with Crippen LogP contribution in [0.5, 0.6) is 0 Å². The number of nitrogens with zero attached hydrogens (tertiary/aromatic N) is 3. The maximum atomic E-state index is 11.8. The summed E-state index contributed by atoms with van der Waals surface area (Å²) in [5.74, 6) is 0. The highest BCUT2D eigenvalue weighted by atomic mass is 32.2. The monoisotopic (exact) mass is 382 g/mol. The smallest absolute Gasteiger partial charge is 0.175 e. The summed E-state index contributed by atoms with van der Waals surface area (Å²) in [6.45, 7) is 2.62. The average Bonchev–Trinajstić information content (AvgIpc) is 3.02. The molecule has 0 radical (unpaired) electrons. The van der Waals surface area contributed by atoms with Crippen molar-refractivity contribution < 1.29 is 8.42 Å². The Hall–Kier alpha value is -2.51. The van der Waals surface area contributed by atoms with Crippen LogP contribution in [0, 0.1) is 0 Å². The second kappa shape index (κ2) is 7.25. The number of nitrogens with one attached hydrogen (secondary N) is 1. The molecule has 0 amide bonds. The van der Waals surface area contributed by atoms with Gasteiger partial charge in [0.25, 0.3) is 0 Å². The lowest BCUT2D eigenvalue weighted by Gasteiger charge is -2.19. The molecule has 4 rings (SSSR count). The molecule has 3 aromatic rings. The molecule has 2 aromatic heterocycles. The summed E-state index contributed by atoms with van der Waals surface area (Å²) in [7, 11) is -3.17. The fourth-order valence-corrected chi connectivity index (χ4v) is 4.24. The van der Waals surface area contributed by atoms with Crippen molar-refractivity contribution in [2.24, 2.45) is 0 Å². The molecule has 0 spiro atoms. The number of aromatic nitrogens is 3. The molecule has 0 saturated heterocycles. The van der Waals surface area contributed by atoms with Gasteiger partial charge in [-0.15, -0.1) is 0 Å². The van der Waals surface area contributed by atoms with E-state index in [-0.39, 0.29) is 0 Å². The molecule has 27 heavy (non-hydrogen) atoms. The van der Waals surface area contributed by atoms with Crippen LogP contribution in [0.25, 0.3) is 11.3 Å². The third-order valence-corrected chi connectivity index (χ3v) is 6.17. The molecule has 1 aliphatic heterocycles. The zero-order valence-corrected chi connectivity index (χ0v) is 16.0. The van der Waals surface area contributed by atoms with Crippen molar-refractivity contribution in [2.45, 2.75) is 24.3 Å². The van der Waals surface area contributed by atoms with Crippen molar-refractivity contribution >= 4 is 9.84 Å². The number of rotatable bonds is 4. The molecular weight excluding hydrogens is 360 g/mol. The lowest BCUT2D eigenvalue weighted by atomic mass is 10.0. The molecule has 0 saturated carbocycles. The second-order valence-corrected chi connectivity index (χ2v) is 9.01. The minimum Gasteiger partial charge on any atom is -0.298 e. The molecule has 0 atom stereocenters. The standard InChI is InChI=1S/C20H22N4O2S/c1-27(25,26)19-5-4-15-6-9-24(10-7-16(15)11-19)14-18-13-22-23-20(18)17-3-2-8-21-12-17/h2-5,8,11-13H,6-7,9-10,14H2,1H3,(H,22,23). The molecule has 0 aliphatic carbocycles. The minimum atomic E-state index is -3.17. The predicted molar refractivity (Wildman–Crippen MR) is 104 cm³/mol. The Morgan fingerprint density at radius 1 is 1.11 bits per heavy atom. The van der Waals surface area contributed by atoms with Crippen LogP contribution >= 0.6 is 0 Å². The number of sulfone groups is 1. The van der Waals surface area contributed by atoms with Gasteiger partial charge in [-0.2, -0.15) is 5.10 Å². The van der Waals surface area contributed by atoms with Crippen LogP contribution < -0.4 is 0 Å². The number of benzene rings is 1. The van der Waals surface area contributed by atoms with Crippen LogP contribution in [0.2, 0.25) is 0 Å². The van der Waals surface area contributed by atoms with Crippen LogP contribution in [0.4, 0.5) is 0 Å². The molecule has 6 nitrogen and oxygen atoms in total. The number of hydrogen-bond donors (Lipinski definition) is 1. The van der Waals surface area contributed by atoms with Crippen molar-refractivity contribution in [3.63, 3.8) is 0 Å². The van der Waals surface area contributed by atoms with E-state index in [1.165, 1.54) is 11.8 Å². The Balaban J connectivity index is 1.51. The molecule has 3 heterocycles. The Labute approximate surface area is 159 Å². The Kier molecular flexibility index (Phi) is 4.80. The van der Waals surface area contributed by atoms with Crippen LogP contribution in [-0.4, -0.2) is 47.8 Å². The molecule has 0 unspecified atom stereocenters. The molecule has 140 valence electrons. The summed E-state index contributed by atoms with van der Waals surface area (Å²) in [4.78, 5) is 6.99. The number of hydrogen-bond acceptors (Lipinski definition) is 5. The Bertz CT molecular complexity index is 1040. The third kappa shape index (κ3) is 3.94. The van der Waals surface area contributed by atoms with Gasteiger partial charge in [0.15, 0.2) is 9.84 Å². The van der Waals surface area contributed by atoms with Crippen molar-refractivity contribution in [1.82, 2.24) is 20.1 Å². The summed E-state index contributed by atoms with van der Waals surface area (Å²) < 4.78 is 23.7. The van der Waals surface area contributed by atoms with E-state index < -0.39 is 9.84 Å². The van der Waals surface area contributed by atoms with E-state index in [4.69, 9.17) is 0 Å². The van der Waals surface area contributed by atoms with Crippen LogP contribution in [0.15, 0.2) is 53.8 Å². The van der Waals surface area contributed by atoms with E-state index in [2.05, 4.69) is 20.1 Å². The fourth-order valence-electron chi connectivity index (χ4n) is 3.57. The topological polar surface area (TPSA) is 79.0 Å². The fraction of sp³-hybridized carbons (Fsp3) is 0.300. The Morgan fingerprint density at radius 3 is 2.67 bits per heavy atom. The van der Waals surface area contributed by atoms with Gasteiger partial charge in [-0.25, -0.2) is 8.42 Å². The highest BCUT2D eigenvalue weighted by Gasteiger charge is 2.18. The summed E-state index contributed by atoms with van der Waals surface area (Å²) in [6.07, 6.45) is 8.50. The highest BCUT2D eigenvalue weighted by molar-refractivity contribution is 7.90. The van der Waals surface area contributed by atoms with Crippen LogP contribution in [0.3, 0.4) is 0 Å². The van der Waals surface area contributed by atoms with Crippen molar-refractivity contribution in [3.8, 4) is 11.3 Å². The van der Waals surface area contributed by atoms with E-state index >= 15 is 0 Å². The summed E-state index contributed by atoms with van der Waals surface area (Å²) in [5.41, 5.74) is 5.56. The summed E-state index contributed by atoms with van der Waals surface area (Å²) >= 11 is 0. The molecule has 7 heteroatoms. The average molecular weight is 382 g/mol. The van der Waals surface area contributed by atoms with Gasteiger partial charge in [-0.05, 0) is 48.2 Å². The molecule has 0 bridgehead atoms. The van der Waals surface area contributed by atoms with Crippen LogP contribution in [0.1, 0.15) is 16.7 Å². The first kappa shape index (κ1) is 17.9. The molecular formula is C20H22N4O2S. The highest BCUT2D eigenvalue weighted by Crippen LogP contribution is 2.24. The maximum Gasteiger partial charge on any atom is 0.175 e. The molecule has 0 fully saturated rings. The van der Waals surface area contributed by atoms with Crippen molar-refractivity contribution in [1.29, 1.82) is 0 Å². The SMILES string of the molecule is CS(=O)(=O)c1ccc2c(c1)CCN(Cc1cn[nH]c1-c1cccnc1)CC2. The largest absolute Gasteiger partial charge is 0.298 e. The lowest BCUT2D eigenvalue weighted by molar-refractivity contribution is 0.279. The van der Waals surface area contributed by atoms with Gasteiger partial charge in [-0.3, -0.25) is 15.0 Å². The Morgan fingerprint density at radius 2 is 1.93 bits per heavy atom. The zero-order chi connectivity index (χ0) is 18.9. The first-order valence-electron chi connectivity index (χ1n) is 8.97. The molecule has 1 aromatic carbocycles. The molecule has 1 N–H and O–H groups in total. The number of fused-ring (bicyclic) bond motifs is 1. The minimum absolute atomic E-state index is 0.406. The quantitative estimate of drug-likeness (QED) is 0.750. The van der Waals surface area contributed by atoms with Crippen molar-refractivity contribution in [2.75, 3.05) is 19.3 Å². The summed E-state index contributed by atoms with van der Waals surface area (Å²) in [6, 6.07) is 9.47. The summed E-state index contributed by atoms with van der Waals surface area (Å²) in [5, 5.41) is 7.30. The van der Waals surface area contributed by atoms with E-state index in [0.717, 1.165) is 54.9 Å². The molecule has 1 aliphatic rings. The van der Waals surface area contributed by atoms with E-state index in [1.54, 1.807) is 12.3 Å². The zero-order valence-electron chi connectivity index (χ0n) is 15.2. The van der Waals surface area contributed by atoms with E-state index in [1.807, 2.05) is 36.7 Å². The second-order valence-electron chi connectivity index (χ2n) is 6.99. The number of aromatic amines is 1. The van der Waals surface area contributed by atoms with Gasteiger partial charge < -0.3 is 0 Å². The van der Waals surface area contributed by atoms with Gasteiger partial charge in [0.05, 0.1) is 16.8 Å². The van der Waals surface area contributed by atoms with E-state index in [0.29, 0.717) is 4.90 Å². The van der Waals surface area contributed by atoms with E-state index in [9.17, 15) is 8.42 Å². The van der Waals surface area contributed by atoms with Gasteiger partial charge in [-0.1, -0.05) is 6.07 Å². The predicted octanol–water partition coefficient (Wildman–Crippen LogP) is 2.48. The first-order chi connectivity index (χ1) is 13.0. The van der Waals surface area contributed by atoms with Gasteiger partial charge in [0.1, 0.15) is 0 Å². The third-order valence-electron chi connectivity index (χ3n) is 5.06. The number of H-pyrrole nitrogens is 1.